The van der Waals surface area contributed by atoms with E-state index < -0.39 is 0 Å². The second-order valence-electron chi connectivity index (χ2n) is 4.73. The van der Waals surface area contributed by atoms with Gasteiger partial charge in [-0.2, -0.15) is 5.26 Å². The van der Waals surface area contributed by atoms with Gasteiger partial charge in [0.1, 0.15) is 11.6 Å². The molecule has 3 rings (SSSR count). The van der Waals surface area contributed by atoms with E-state index in [4.69, 9.17) is 10.00 Å². The van der Waals surface area contributed by atoms with Gasteiger partial charge in [-0.3, -0.25) is 4.79 Å². The molecule has 3 aromatic rings. The largest absolute Gasteiger partial charge is 0.460 e. The van der Waals surface area contributed by atoms with Gasteiger partial charge in [0, 0.05) is 10.9 Å². The topological polar surface area (TPSA) is 63.0 Å². The summed E-state index contributed by atoms with van der Waals surface area (Å²) >= 11 is 3.14. The van der Waals surface area contributed by atoms with Gasteiger partial charge in [0.15, 0.2) is 0 Å². The number of hydrogen-bond acceptors (Lipinski definition) is 6. The molecular formula is C17H12N2O2S2. The van der Waals surface area contributed by atoms with Crippen LogP contribution in [0.1, 0.15) is 16.8 Å². The highest BCUT2D eigenvalue weighted by Crippen LogP contribution is 2.27. The number of nitriles is 1. The lowest BCUT2D eigenvalue weighted by Gasteiger charge is -2.05. The molecule has 2 heterocycles. The molecule has 0 unspecified atom stereocenters. The zero-order valence-electron chi connectivity index (χ0n) is 12.1. The molecule has 23 heavy (non-hydrogen) atoms. The van der Waals surface area contributed by atoms with Gasteiger partial charge in [-0.05, 0) is 17.5 Å². The van der Waals surface area contributed by atoms with Crippen molar-refractivity contribution in [3.63, 3.8) is 0 Å². The average Bonchev–Trinajstić information content (AvgIpc) is 3.24. The van der Waals surface area contributed by atoms with Crippen LogP contribution >= 0.6 is 22.7 Å². The van der Waals surface area contributed by atoms with Gasteiger partial charge >= 0.3 is 5.97 Å². The van der Waals surface area contributed by atoms with Gasteiger partial charge in [-0.15, -0.1) is 22.7 Å². The number of thiophene rings is 1. The van der Waals surface area contributed by atoms with Crippen molar-refractivity contribution in [2.24, 2.45) is 0 Å². The van der Waals surface area contributed by atoms with Crippen LogP contribution in [0.4, 0.5) is 0 Å². The van der Waals surface area contributed by atoms with E-state index in [-0.39, 0.29) is 19.0 Å². The Morgan fingerprint density at radius 1 is 1.22 bits per heavy atom. The number of ether oxygens (including phenoxy) is 1. The Labute approximate surface area is 141 Å². The molecule has 4 nitrogen and oxygen atoms in total. The van der Waals surface area contributed by atoms with E-state index in [2.05, 4.69) is 11.1 Å². The molecule has 0 bridgehead atoms. The van der Waals surface area contributed by atoms with Crippen LogP contribution in [0.15, 0.2) is 47.2 Å². The van der Waals surface area contributed by atoms with Gasteiger partial charge < -0.3 is 4.74 Å². The van der Waals surface area contributed by atoms with Crippen molar-refractivity contribution in [2.45, 2.75) is 13.0 Å². The van der Waals surface area contributed by atoms with Crippen molar-refractivity contribution in [3.05, 3.63) is 64.0 Å². The SMILES string of the molecule is N#Cc1ccccc1COC(=O)Cc1csc(-c2cccs2)n1. The van der Waals surface area contributed by atoms with Crippen molar-refractivity contribution in [3.8, 4) is 16.0 Å². The number of rotatable bonds is 5. The summed E-state index contributed by atoms with van der Waals surface area (Å²) < 4.78 is 5.25. The molecule has 0 spiro atoms. The molecule has 0 radical (unpaired) electrons. The Balaban J connectivity index is 1.59. The van der Waals surface area contributed by atoms with E-state index in [9.17, 15) is 4.79 Å². The number of nitrogens with zero attached hydrogens (tertiary/aromatic N) is 2. The van der Waals surface area contributed by atoms with Crippen LogP contribution in [0.5, 0.6) is 0 Å². The number of benzene rings is 1. The predicted molar refractivity (Wildman–Crippen MR) is 90.1 cm³/mol. The molecule has 0 N–H and O–H groups in total. The lowest BCUT2D eigenvalue weighted by atomic mass is 10.1. The van der Waals surface area contributed by atoms with E-state index in [0.717, 1.165) is 9.88 Å². The van der Waals surface area contributed by atoms with E-state index >= 15 is 0 Å². The van der Waals surface area contributed by atoms with Gasteiger partial charge in [0.2, 0.25) is 0 Å². The molecule has 6 heteroatoms. The monoisotopic (exact) mass is 340 g/mol. The number of carbonyl (C=O) groups is 1. The van der Waals surface area contributed by atoms with Gasteiger partial charge in [-0.1, -0.05) is 24.3 Å². The highest BCUT2D eigenvalue weighted by Gasteiger charge is 2.11. The molecule has 114 valence electrons. The number of carbonyl (C=O) groups excluding carboxylic acids is 1. The lowest BCUT2D eigenvalue weighted by molar-refractivity contribution is -0.144. The Hall–Kier alpha value is -2.49. The summed E-state index contributed by atoms with van der Waals surface area (Å²) in [6.45, 7) is 0.102. The molecule has 0 aliphatic rings. The fraction of sp³-hybridized carbons (Fsp3) is 0.118. The van der Waals surface area contributed by atoms with Crippen molar-refractivity contribution >= 4 is 28.6 Å². The molecule has 2 aromatic heterocycles. The molecule has 0 aliphatic carbocycles. The maximum Gasteiger partial charge on any atom is 0.312 e. The van der Waals surface area contributed by atoms with Crippen molar-refractivity contribution < 1.29 is 9.53 Å². The zero-order chi connectivity index (χ0) is 16.1. The minimum atomic E-state index is -0.347. The lowest BCUT2D eigenvalue weighted by Crippen LogP contribution is -2.08. The Morgan fingerprint density at radius 2 is 2.09 bits per heavy atom. The summed E-state index contributed by atoms with van der Waals surface area (Å²) in [4.78, 5) is 17.5. The van der Waals surface area contributed by atoms with Crippen LogP contribution in [-0.4, -0.2) is 11.0 Å². The third kappa shape index (κ3) is 3.83. The Kier molecular flexibility index (Phi) is 4.81. The van der Waals surface area contributed by atoms with E-state index in [1.165, 1.54) is 11.3 Å². The standard InChI is InChI=1S/C17H12N2O2S2/c18-9-12-4-1-2-5-13(12)10-21-16(20)8-14-11-23-17(19-14)15-6-3-7-22-15/h1-7,11H,8,10H2. The first-order valence-corrected chi connectivity index (χ1v) is 8.64. The Morgan fingerprint density at radius 3 is 2.87 bits per heavy atom. The van der Waals surface area contributed by atoms with Crippen molar-refractivity contribution in [1.29, 1.82) is 5.26 Å². The number of esters is 1. The first-order chi connectivity index (χ1) is 11.3. The zero-order valence-corrected chi connectivity index (χ0v) is 13.7. The van der Waals surface area contributed by atoms with Crippen LogP contribution in [0, 0.1) is 11.3 Å². The third-order valence-electron chi connectivity index (χ3n) is 3.14. The minimum absolute atomic E-state index is 0.102. The fourth-order valence-corrected chi connectivity index (χ4v) is 3.65. The Bertz CT molecular complexity index is 848. The summed E-state index contributed by atoms with van der Waals surface area (Å²) in [6, 6.07) is 13.2. The van der Waals surface area contributed by atoms with E-state index in [1.807, 2.05) is 29.0 Å². The second kappa shape index (κ2) is 7.18. The van der Waals surface area contributed by atoms with Gasteiger partial charge in [0.05, 0.1) is 28.6 Å². The second-order valence-corrected chi connectivity index (χ2v) is 6.53. The summed E-state index contributed by atoms with van der Waals surface area (Å²) in [6.07, 6.45) is 0.136. The molecule has 0 saturated carbocycles. The normalized spacial score (nSPS) is 10.2. The molecule has 0 amide bonds. The summed E-state index contributed by atoms with van der Waals surface area (Å²) in [7, 11) is 0. The summed E-state index contributed by atoms with van der Waals surface area (Å²) in [5.41, 5.74) is 1.94. The quantitative estimate of drug-likeness (QED) is 0.658. The minimum Gasteiger partial charge on any atom is -0.460 e. The number of thiazole rings is 1. The van der Waals surface area contributed by atoms with Crippen molar-refractivity contribution in [2.75, 3.05) is 0 Å². The van der Waals surface area contributed by atoms with Crippen LogP contribution < -0.4 is 0 Å². The summed E-state index contributed by atoms with van der Waals surface area (Å²) in [5.74, 6) is -0.347. The number of aromatic nitrogens is 1. The molecule has 0 fully saturated rings. The van der Waals surface area contributed by atoms with Crippen LogP contribution in [0.25, 0.3) is 9.88 Å². The highest BCUT2D eigenvalue weighted by atomic mass is 32.1. The first kappa shape index (κ1) is 15.4. The van der Waals surface area contributed by atoms with Crippen LogP contribution in [0.3, 0.4) is 0 Å². The molecular weight excluding hydrogens is 328 g/mol. The number of hydrogen-bond donors (Lipinski definition) is 0. The molecule has 0 saturated heterocycles. The smallest absolute Gasteiger partial charge is 0.312 e. The molecule has 0 aliphatic heterocycles. The van der Waals surface area contributed by atoms with E-state index in [1.54, 1.807) is 29.5 Å². The molecule has 1 aromatic carbocycles. The van der Waals surface area contributed by atoms with Crippen LogP contribution in [-0.2, 0) is 22.6 Å². The molecule has 0 atom stereocenters. The maximum absolute atomic E-state index is 11.9. The maximum atomic E-state index is 11.9. The van der Waals surface area contributed by atoms with E-state index in [0.29, 0.717) is 16.8 Å². The van der Waals surface area contributed by atoms with Gasteiger partial charge in [0.25, 0.3) is 0 Å². The van der Waals surface area contributed by atoms with Crippen LogP contribution in [0.2, 0.25) is 0 Å². The fourth-order valence-electron chi connectivity index (χ4n) is 2.01. The third-order valence-corrected chi connectivity index (χ3v) is 5.07. The highest BCUT2D eigenvalue weighted by molar-refractivity contribution is 7.20. The first-order valence-electron chi connectivity index (χ1n) is 6.88. The predicted octanol–water partition coefficient (Wildman–Crippen LogP) is 4.03. The van der Waals surface area contributed by atoms with Crippen molar-refractivity contribution in [1.82, 2.24) is 4.98 Å². The van der Waals surface area contributed by atoms with Gasteiger partial charge in [-0.25, -0.2) is 4.98 Å². The summed E-state index contributed by atoms with van der Waals surface area (Å²) in [5, 5.41) is 13.8. The average molecular weight is 340 g/mol.